The van der Waals surface area contributed by atoms with Gasteiger partial charge in [-0.15, -0.1) is 10.2 Å². The molecule has 0 spiro atoms. The van der Waals surface area contributed by atoms with Crippen LogP contribution < -0.4 is 0 Å². The Kier molecular flexibility index (Phi) is 2.97. The lowest BCUT2D eigenvalue weighted by Gasteiger charge is -2.25. The number of rotatable bonds is 3. The molecule has 7 heteroatoms. The molecule has 1 aliphatic heterocycles. The lowest BCUT2D eigenvalue weighted by Crippen LogP contribution is -2.31. The summed E-state index contributed by atoms with van der Waals surface area (Å²) in [5, 5.41) is 8.08. The van der Waals surface area contributed by atoms with Gasteiger partial charge in [0.05, 0.1) is 18.5 Å². The normalized spacial score (nSPS) is 15.0. The molecule has 0 aliphatic carbocycles. The number of fused-ring (bicyclic) bond motifs is 1. The third-order valence-electron chi connectivity index (χ3n) is 3.51. The van der Waals surface area contributed by atoms with Crippen molar-refractivity contribution in [2.24, 2.45) is 0 Å². The van der Waals surface area contributed by atoms with Gasteiger partial charge in [-0.3, -0.25) is 4.90 Å². The van der Waals surface area contributed by atoms with Crippen LogP contribution in [0, 0.1) is 0 Å². The lowest BCUT2D eigenvalue weighted by molar-refractivity contribution is 0.218. The van der Waals surface area contributed by atoms with Crippen LogP contribution in [-0.2, 0) is 19.5 Å². The van der Waals surface area contributed by atoms with Gasteiger partial charge in [-0.2, -0.15) is 0 Å². The first-order chi connectivity index (χ1) is 10.4. The molecule has 0 fully saturated rings. The van der Waals surface area contributed by atoms with Crippen molar-refractivity contribution >= 4 is 0 Å². The number of furan rings is 1. The Hall–Kier alpha value is -2.54. The Morgan fingerprint density at radius 2 is 2.29 bits per heavy atom. The average molecular weight is 283 g/mol. The molecule has 0 saturated heterocycles. The highest BCUT2D eigenvalue weighted by Crippen LogP contribution is 2.20. The van der Waals surface area contributed by atoms with Crippen molar-refractivity contribution in [1.82, 2.24) is 25.1 Å². The molecular formula is C14H13N5O2. The van der Waals surface area contributed by atoms with E-state index in [4.69, 9.17) is 8.83 Å². The first-order valence-electron chi connectivity index (χ1n) is 6.75. The predicted octanol–water partition coefficient (Wildman–Crippen LogP) is 1.68. The fourth-order valence-electron chi connectivity index (χ4n) is 2.45. The Balaban J connectivity index is 1.48. The van der Waals surface area contributed by atoms with E-state index in [2.05, 4.69) is 25.1 Å². The van der Waals surface area contributed by atoms with Gasteiger partial charge in [-0.05, 0) is 24.1 Å². The molecule has 4 rings (SSSR count). The molecule has 7 nitrogen and oxygen atoms in total. The van der Waals surface area contributed by atoms with E-state index in [0.717, 1.165) is 25.2 Å². The average Bonchev–Trinajstić information content (AvgIpc) is 3.18. The molecule has 0 aromatic carbocycles. The van der Waals surface area contributed by atoms with Crippen LogP contribution >= 0.6 is 0 Å². The molecule has 106 valence electrons. The van der Waals surface area contributed by atoms with Gasteiger partial charge in [-0.1, -0.05) is 0 Å². The zero-order valence-corrected chi connectivity index (χ0v) is 11.3. The number of aromatic nitrogens is 4. The fourth-order valence-corrected chi connectivity index (χ4v) is 2.45. The molecule has 0 bridgehead atoms. The van der Waals surface area contributed by atoms with Crippen molar-refractivity contribution in [3.05, 3.63) is 48.1 Å². The Morgan fingerprint density at radius 1 is 1.29 bits per heavy atom. The topological polar surface area (TPSA) is 81.1 Å². The van der Waals surface area contributed by atoms with Gasteiger partial charge in [-0.25, -0.2) is 9.97 Å². The largest absolute Gasteiger partial charge is 0.459 e. The van der Waals surface area contributed by atoms with Crippen LogP contribution in [0.4, 0.5) is 0 Å². The molecule has 0 unspecified atom stereocenters. The summed E-state index contributed by atoms with van der Waals surface area (Å²) < 4.78 is 10.9. The summed E-state index contributed by atoms with van der Waals surface area (Å²) in [7, 11) is 0. The first kappa shape index (κ1) is 12.2. The Morgan fingerprint density at radius 3 is 3.19 bits per heavy atom. The molecule has 3 aromatic rings. The van der Waals surface area contributed by atoms with Crippen molar-refractivity contribution in [2.45, 2.75) is 19.5 Å². The third-order valence-corrected chi connectivity index (χ3v) is 3.51. The van der Waals surface area contributed by atoms with Crippen LogP contribution in [0.15, 0.2) is 39.8 Å². The van der Waals surface area contributed by atoms with Crippen LogP contribution in [0.5, 0.6) is 0 Å². The minimum Gasteiger partial charge on any atom is -0.459 e. The molecule has 4 heterocycles. The summed E-state index contributed by atoms with van der Waals surface area (Å²) in [4.78, 5) is 10.6. The van der Waals surface area contributed by atoms with Crippen LogP contribution in [-0.4, -0.2) is 31.6 Å². The highest BCUT2D eigenvalue weighted by molar-refractivity contribution is 5.42. The number of nitrogens with zero attached hydrogens (tertiary/aromatic N) is 5. The third kappa shape index (κ3) is 2.43. The quantitative estimate of drug-likeness (QED) is 0.723. The van der Waals surface area contributed by atoms with Crippen molar-refractivity contribution in [3.8, 4) is 11.7 Å². The smallest absolute Gasteiger partial charge is 0.283 e. The highest BCUT2D eigenvalue weighted by Gasteiger charge is 2.20. The van der Waals surface area contributed by atoms with Gasteiger partial charge < -0.3 is 8.83 Å². The second-order valence-corrected chi connectivity index (χ2v) is 4.93. The van der Waals surface area contributed by atoms with Gasteiger partial charge in [0.25, 0.3) is 5.89 Å². The van der Waals surface area contributed by atoms with Crippen LogP contribution in [0.1, 0.15) is 17.1 Å². The summed E-state index contributed by atoms with van der Waals surface area (Å²) in [5.74, 6) is 1.58. The van der Waals surface area contributed by atoms with Crippen LogP contribution in [0.3, 0.4) is 0 Å². The maximum absolute atomic E-state index is 5.63. The van der Waals surface area contributed by atoms with Crippen LogP contribution in [0.2, 0.25) is 0 Å². The second-order valence-electron chi connectivity index (χ2n) is 4.93. The number of hydrogen-bond acceptors (Lipinski definition) is 7. The molecule has 0 N–H and O–H groups in total. The minimum atomic E-state index is 0.412. The van der Waals surface area contributed by atoms with E-state index in [-0.39, 0.29) is 0 Å². The van der Waals surface area contributed by atoms with Crippen molar-refractivity contribution < 1.29 is 8.83 Å². The summed E-state index contributed by atoms with van der Waals surface area (Å²) >= 11 is 0. The van der Waals surface area contributed by atoms with E-state index in [0.29, 0.717) is 24.1 Å². The summed E-state index contributed by atoms with van der Waals surface area (Å²) in [6, 6.07) is 3.59. The molecule has 0 amide bonds. The summed E-state index contributed by atoms with van der Waals surface area (Å²) in [6.45, 7) is 2.31. The van der Waals surface area contributed by atoms with Crippen molar-refractivity contribution in [3.63, 3.8) is 0 Å². The van der Waals surface area contributed by atoms with Gasteiger partial charge in [0, 0.05) is 19.3 Å². The number of hydrogen-bond donors (Lipinski definition) is 0. The monoisotopic (exact) mass is 283 g/mol. The maximum Gasteiger partial charge on any atom is 0.283 e. The molecule has 0 saturated carbocycles. The van der Waals surface area contributed by atoms with E-state index in [9.17, 15) is 0 Å². The van der Waals surface area contributed by atoms with Crippen molar-refractivity contribution in [1.29, 1.82) is 0 Å². The highest BCUT2D eigenvalue weighted by atomic mass is 16.4. The van der Waals surface area contributed by atoms with E-state index in [1.165, 1.54) is 5.56 Å². The van der Waals surface area contributed by atoms with Crippen LogP contribution in [0.25, 0.3) is 11.7 Å². The standard InChI is InChI=1S/C14H13N5O2/c1-2-12(20-5-1)14-18-17-13(21-14)8-19-4-3-10-6-15-9-16-11(10)7-19/h1-2,5-6,9H,3-4,7-8H2. The second kappa shape index (κ2) is 5.10. The first-order valence-corrected chi connectivity index (χ1v) is 6.75. The molecule has 1 aliphatic rings. The van der Waals surface area contributed by atoms with Gasteiger partial charge in [0.15, 0.2) is 5.76 Å². The zero-order valence-electron chi connectivity index (χ0n) is 11.3. The van der Waals surface area contributed by atoms with Gasteiger partial charge >= 0.3 is 0 Å². The SMILES string of the molecule is c1coc(-c2nnc(CN3CCc4cncnc4C3)o2)c1. The molecule has 21 heavy (non-hydrogen) atoms. The molecular weight excluding hydrogens is 270 g/mol. The van der Waals surface area contributed by atoms with E-state index >= 15 is 0 Å². The van der Waals surface area contributed by atoms with E-state index in [1.54, 1.807) is 24.7 Å². The zero-order chi connectivity index (χ0) is 14.1. The van der Waals surface area contributed by atoms with E-state index < -0.39 is 0 Å². The summed E-state index contributed by atoms with van der Waals surface area (Å²) in [6.07, 6.45) is 6.00. The maximum atomic E-state index is 5.63. The van der Waals surface area contributed by atoms with Gasteiger partial charge in [0.1, 0.15) is 6.33 Å². The lowest BCUT2D eigenvalue weighted by atomic mass is 10.1. The molecule has 0 radical (unpaired) electrons. The minimum absolute atomic E-state index is 0.412. The van der Waals surface area contributed by atoms with E-state index in [1.807, 2.05) is 6.20 Å². The van der Waals surface area contributed by atoms with Gasteiger partial charge in [0.2, 0.25) is 5.89 Å². The molecule has 3 aromatic heterocycles. The van der Waals surface area contributed by atoms with Crippen molar-refractivity contribution in [2.75, 3.05) is 6.54 Å². The predicted molar refractivity (Wildman–Crippen MR) is 71.9 cm³/mol. The Labute approximate surface area is 120 Å². The fraction of sp³-hybridized carbons (Fsp3) is 0.286. The summed E-state index contributed by atoms with van der Waals surface area (Å²) in [5.41, 5.74) is 2.29. The molecule has 0 atom stereocenters. The Bertz CT molecular complexity index is 737.